The maximum atomic E-state index is 12.0. The van der Waals surface area contributed by atoms with E-state index in [9.17, 15) is 9.90 Å². The van der Waals surface area contributed by atoms with Gasteiger partial charge in [-0.2, -0.15) is 0 Å². The molecule has 0 radical (unpaired) electrons. The zero-order valence-electron chi connectivity index (χ0n) is 10.2. The fourth-order valence-corrected chi connectivity index (χ4v) is 2.31. The summed E-state index contributed by atoms with van der Waals surface area (Å²) in [6, 6.07) is 3.13. The summed E-state index contributed by atoms with van der Waals surface area (Å²) in [5.74, 6) is 0.997. The second-order valence-electron chi connectivity index (χ2n) is 4.81. The zero-order chi connectivity index (χ0) is 13.4. The average molecular weight is 284 g/mol. The molecule has 1 atom stereocenters. The fraction of sp³-hybridized carbons (Fsp3) is 0.462. The molecule has 0 aromatic heterocycles. The first-order chi connectivity index (χ1) is 9.15. The molecule has 1 unspecified atom stereocenters. The van der Waals surface area contributed by atoms with Gasteiger partial charge in [-0.1, -0.05) is 11.6 Å². The van der Waals surface area contributed by atoms with Crippen molar-refractivity contribution < 1.29 is 19.4 Å². The predicted octanol–water partition coefficient (Wildman–Crippen LogP) is 1.57. The van der Waals surface area contributed by atoms with Crippen molar-refractivity contribution in [2.75, 3.05) is 13.3 Å². The van der Waals surface area contributed by atoms with Crippen LogP contribution in [0, 0.1) is 5.92 Å². The van der Waals surface area contributed by atoms with E-state index < -0.39 is 6.10 Å². The van der Waals surface area contributed by atoms with Gasteiger partial charge in [0.15, 0.2) is 11.5 Å². The van der Waals surface area contributed by atoms with Gasteiger partial charge in [0, 0.05) is 12.1 Å². The quantitative estimate of drug-likeness (QED) is 0.880. The SMILES string of the molecule is O=C(NCC(O)C1CC1)c1cc(Cl)c2c(c1)OCO2. The molecule has 19 heavy (non-hydrogen) atoms. The number of hydrogen-bond donors (Lipinski definition) is 2. The largest absolute Gasteiger partial charge is 0.454 e. The summed E-state index contributed by atoms with van der Waals surface area (Å²) in [6.07, 6.45) is 1.60. The van der Waals surface area contributed by atoms with Crippen molar-refractivity contribution in [2.45, 2.75) is 18.9 Å². The number of aliphatic hydroxyl groups is 1. The molecule has 1 aliphatic heterocycles. The van der Waals surface area contributed by atoms with Gasteiger partial charge < -0.3 is 19.9 Å². The lowest BCUT2D eigenvalue weighted by molar-refractivity contribution is 0.0900. The van der Waals surface area contributed by atoms with E-state index in [0.29, 0.717) is 28.0 Å². The summed E-state index contributed by atoms with van der Waals surface area (Å²) in [4.78, 5) is 12.0. The summed E-state index contributed by atoms with van der Waals surface area (Å²) >= 11 is 6.01. The Kier molecular flexibility index (Phi) is 3.24. The Morgan fingerprint density at radius 1 is 1.47 bits per heavy atom. The van der Waals surface area contributed by atoms with Gasteiger partial charge in [-0.15, -0.1) is 0 Å². The number of fused-ring (bicyclic) bond motifs is 1. The van der Waals surface area contributed by atoms with Crippen molar-refractivity contribution in [1.82, 2.24) is 5.32 Å². The van der Waals surface area contributed by atoms with Gasteiger partial charge in [0.1, 0.15) is 0 Å². The monoisotopic (exact) mass is 283 g/mol. The van der Waals surface area contributed by atoms with Crippen LogP contribution in [-0.2, 0) is 0 Å². The molecule has 1 saturated carbocycles. The minimum atomic E-state index is -0.464. The van der Waals surface area contributed by atoms with Crippen LogP contribution in [0.15, 0.2) is 12.1 Å². The first-order valence-corrected chi connectivity index (χ1v) is 6.58. The highest BCUT2D eigenvalue weighted by Crippen LogP contribution is 2.39. The molecular formula is C13H14ClNO4. The molecule has 6 heteroatoms. The van der Waals surface area contributed by atoms with Gasteiger partial charge >= 0.3 is 0 Å². The summed E-state index contributed by atoms with van der Waals surface area (Å²) in [5, 5.41) is 12.8. The van der Waals surface area contributed by atoms with Crippen LogP contribution < -0.4 is 14.8 Å². The van der Waals surface area contributed by atoms with Gasteiger partial charge in [-0.05, 0) is 30.9 Å². The van der Waals surface area contributed by atoms with E-state index >= 15 is 0 Å². The topological polar surface area (TPSA) is 67.8 Å². The smallest absolute Gasteiger partial charge is 0.251 e. The van der Waals surface area contributed by atoms with Crippen molar-refractivity contribution in [3.8, 4) is 11.5 Å². The summed E-state index contributed by atoms with van der Waals surface area (Å²) in [5.41, 5.74) is 0.400. The van der Waals surface area contributed by atoms with Crippen LogP contribution in [0.4, 0.5) is 0 Å². The maximum Gasteiger partial charge on any atom is 0.251 e. The molecule has 0 bridgehead atoms. The van der Waals surface area contributed by atoms with E-state index in [1.807, 2.05) is 0 Å². The van der Waals surface area contributed by atoms with Crippen LogP contribution in [0.25, 0.3) is 0 Å². The Bertz CT molecular complexity index is 516. The number of carbonyl (C=O) groups is 1. The van der Waals surface area contributed by atoms with E-state index in [1.54, 1.807) is 6.07 Å². The number of aliphatic hydroxyl groups excluding tert-OH is 1. The third-order valence-electron chi connectivity index (χ3n) is 3.33. The zero-order valence-corrected chi connectivity index (χ0v) is 10.9. The van der Waals surface area contributed by atoms with E-state index in [4.69, 9.17) is 21.1 Å². The molecule has 1 heterocycles. The number of ether oxygens (including phenoxy) is 2. The number of carbonyl (C=O) groups excluding carboxylic acids is 1. The molecule has 1 aliphatic carbocycles. The Labute approximate surface area is 115 Å². The molecule has 1 fully saturated rings. The molecule has 0 saturated heterocycles. The molecule has 1 aromatic rings. The lowest BCUT2D eigenvalue weighted by atomic mass is 10.1. The number of rotatable bonds is 4. The Balaban J connectivity index is 1.67. The highest BCUT2D eigenvalue weighted by Gasteiger charge is 2.30. The molecule has 1 amide bonds. The van der Waals surface area contributed by atoms with Gasteiger partial charge in [-0.3, -0.25) is 4.79 Å². The first-order valence-electron chi connectivity index (χ1n) is 6.20. The molecule has 0 spiro atoms. The van der Waals surface area contributed by atoms with E-state index in [0.717, 1.165) is 12.8 Å². The molecule has 5 nitrogen and oxygen atoms in total. The lowest BCUT2D eigenvalue weighted by Crippen LogP contribution is -2.33. The van der Waals surface area contributed by atoms with Crippen molar-refractivity contribution >= 4 is 17.5 Å². The Hall–Kier alpha value is -1.46. The average Bonchev–Trinajstić information content (AvgIpc) is 3.14. The second kappa shape index (κ2) is 4.90. The minimum Gasteiger partial charge on any atom is -0.454 e. The van der Waals surface area contributed by atoms with E-state index in [2.05, 4.69) is 5.32 Å². The van der Waals surface area contributed by atoms with Gasteiger partial charge in [0.25, 0.3) is 5.91 Å². The lowest BCUT2D eigenvalue weighted by Gasteiger charge is -2.11. The first kappa shape index (κ1) is 12.6. The third-order valence-corrected chi connectivity index (χ3v) is 3.61. The molecule has 3 rings (SSSR count). The number of amides is 1. The summed E-state index contributed by atoms with van der Waals surface area (Å²) in [6.45, 7) is 0.371. The van der Waals surface area contributed by atoms with Crippen molar-refractivity contribution in [3.63, 3.8) is 0 Å². The summed E-state index contributed by atoms with van der Waals surface area (Å²) < 4.78 is 10.4. The fourth-order valence-electron chi connectivity index (χ4n) is 2.05. The molecule has 2 N–H and O–H groups in total. The van der Waals surface area contributed by atoms with Crippen molar-refractivity contribution in [2.24, 2.45) is 5.92 Å². The van der Waals surface area contributed by atoms with E-state index in [1.165, 1.54) is 6.07 Å². The summed E-state index contributed by atoms with van der Waals surface area (Å²) in [7, 11) is 0. The van der Waals surface area contributed by atoms with Crippen LogP contribution in [0.3, 0.4) is 0 Å². The van der Waals surface area contributed by atoms with E-state index in [-0.39, 0.29) is 19.2 Å². The minimum absolute atomic E-state index is 0.112. The Morgan fingerprint density at radius 3 is 3.00 bits per heavy atom. The number of benzene rings is 1. The van der Waals surface area contributed by atoms with Crippen LogP contribution in [0.2, 0.25) is 5.02 Å². The molecule has 2 aliphatic rings. The van der Waals surface area contributed by atoms with Crippen LogP contribution in [0.5, 0.6) is 11.5 Å². The Morgan fingerprint density at radius 2 is 2.26 bits per heavy atom. The predicted molar refractivity (Wildman–Crippen MR) is 68.6 cm³/mol. The highest BCUT2D eigenvalue weighted by atomic mass is 35.5. The number of nitrogens with one attached hydrogen (secondary N) is 1. The molecular weight excluding hydrogens is 270 g/mol. The number of halogens is 1. The standard InChI is InChI=1S/C13H14ClNO4/c14-9-3-8(4-11-12(9)19-6-18-11)13(17)15-5-10(16)7-1-2-7/h3-4,7,10,16H,1-2,5-6H2,(H,15,17). The highest BCUT2D eigenvalue weighted by molar-refractivity contribution is 6.32. The second-order valence-corrected chi connectivity index (χ2v) is 5.21. The van der Waals surface area contributed by atoms with Crippen molar-refractivity contribution in [1.29, 1.82) is 0 Å². The van der Waals surface area contributed by atoms with Crippen LogP contribution in [0.1, 0.15) is 23.2 Å². The third kappa shape index (κ3) is 2.62. The molecule has 102 valence electrons. The van der Waals surface area contributed by atoms with Crippen LogP contribution >= 0.6 is 11.6 Å². The number of hydrogen-bond acceptors (Lipinski definition) is 4. The normalized spacial score (nSPS) is 18.2. The van der Waals surface area contributed by atoms with Gasteiger partial charge in [-0.25, -0.2) is 0 Å². The molecule has 1 aromatic carbocycles. The van der Waals surface area contributed by atoms with Gasteiger partial charge in [0.05, 0.1) is 11.1 Å². The maximum absolute atomic E-state index is 12.0. The van der Waals surface area contributed by atoms with Gasteiger partial charge in [0.2, 0.25) is 6.79 Å². The van der Waals surface area contributed by atoms with Crippen molar-refractivity contribution in [3.05, 3.63) is 22.7 Å². The van der Waals surface area contributed by atoms with Crippen LogP contribution in [-0.4, -0.2) is 30.5 Å².